The number of hydrogen-bond donors (Lipinski definition) is 2. The zero-order valence-corrected chi connectivity index (χ0v) is 18.8. The van der Waals surface area contributed by atoms with Crippen molar-refractivity contribution in [1.29, 1.82) is 0 Å². The maximum atomic E-state index is 13.0. The maximum Gasteiger partial charge on any atom is 0.253 e. The largest absolute Gasteiger partial charge is 0.387 e. The highest BCUT2D eigenvalue weighted by Gasteiger charge is 2.30. The number of aliphatic hydroxyl groups is 1. The van der Waals surface area contributed by atoms with Crippen LogP contribution >= 0.6 is 0 Å². The number of carbonyl (C=O) groups is 1. The van der Waals surface area contributed by atoms with E-state index in [0.717, 1.165) is 56.3 Å². The molecule has 5 rings (SSSR count). The van der Waals surface area contributed by atoms with Gasteiger partial charge >= 0.3 is 0 Å². The molecule has 3 heterocycles. The van der Waals surface area contributed by atoms with Gasteiger partial charge in [-0.05, 0) is 55.4 Å². The molecule has 1 aromatic heterocycles. The normalized spacial score (nSPS) is 22.4. The molecule has 172 valence electrons. The Morgan fingerprint density at radius 3 is 2.36 bits per heavy atom. The molecule has 7 nitrogen and oxygen atoms in total. The van der Waals surface area contributed by atoms with Crippen LogP contribution in [0.3, 0.4) is 0 Å². The first-order chi connectivity index (χ1) is 16.2. The summed E-state index contributed by atoms with van der Waals surface area (Å²) < 4.78 is 2.04. The lowest BCUT2D eigenvalue weighted by atomic mass is 10.0. The Morgan fingerprint density at radius 1 is 0.970 bits per heavy atom. The molecule has 7 heteroatoms. The Kier molecular flexibility index (Phi) is 6.51. The van der Waals surface area contributed by atoms with Gasteiger partial charge in [0.25, 0.3) is 5.91 Å². The van der Waals surface area contributed by atoms with Crippen LogP contribution in [0.4, 0.5) is 0 Å². The predicted molar refractivity (Wildman–Crippen MR) is 126 cm³/mol. The monoisotopic (exact) mass is 445 g/mol. The molecule has 0 unspecified atom stereocenters. The quantitative estimate of drug-likeness (QED) is 0.609. The van der Waals surface area contributed by atoms with Crippen LogP contribution in [0, 0.1) is 0 Å². The number of carbonyl (C=O) groups excluding carboxylic acids is 1. The summed E-state index contributed by atoms with van der Waals surface area (Å²) in [7, 11) is 0. The second kappa shape index (κ2) is 9.85. The topological polar surface area (TPSA) is 83.3 Å². The van der Waals surface area contributed by atoms with Crippen LogP contribution in [0.2, 0.25) is 0 Å². The minimum Gasteiger partial charge on any atom is -0.387 e. The molecule has 33 heavy (non-hydrogen) atoms. The minimum absolute atomic E-state index is 0.0827. The number of nitrogens with one attached hydrogen (secondary N) is 1. The number of piperidine rings is 1. The van der Waals surface area contributed by atoms with E-state index in [1.165, 1.54) is 5.56 Å². The van der Waals surface area contributed by atoms with Crippen LogP contribution < -0.4 is 5.32 Å². The standard InChI is InChI=1S/C26H31N5O2/c32-25(20-4-2-1-3-5-20)24-11-10-22(29-24)16-19-6-8-21(9-7-19)26(33)30-14-12-23(13-15-30)31-17-27-28-18-31/h1-9,17-18,22-25,29,32H,10-16H2/t22-,24+,25+/m0/s1. The Hall–Kier alpha value is -3.03. The fraction of sp³-hybridized carbons (Fsp3) is 0.423. The van der Waals surface area contributed by atoms with Gasteiger partial charge in [-0.1, -0.05) is 42.5 Å². The molecule has 2 fully saturated rings. The van der Waals surface area contributed by atoms with E-state index >= 15 is 0 Å². The first-order valence-corrected chi connectivity index (χ1v) is 11.9. The Bertz CT molecular complexity index is 1030. The lowest BCUT2D eigenvalue weighted by molar-refractivity contribution is 0.0694. The molecular formula is C26H31N5O2. The number of likely N-dealkylation sites (tertiary alicyclic amines) is 1. The Balaban J connectivity index is 1.12. The molecule has 0 spiro atoms. The lowest BCUT2D eigenvalue weighted by Crippen LogP contribution is -2.39. The van der Waals surface area contributed by atoms with E-state index in [-0.39, 0.29) is 11.9 Å². The molecule has 3 atom stereocenters. The van der Waals surface area contributed by atoms with Gasteiger partial charge in [0.05, 0.1) is 6.10 Å². The number of aliphatic hydroxyl groups excluding tert-OH is 1. The van der Waals surface area contributed by atoms with Crippen LogP contribution in [0.1, 0.15) is 59.3 Å². The predicted octanol–water partition coefficient (Wildman–Crippen LogP) is 3.15. The van der Waals surface area contributed by atoms with Crippen molar-refractivity contribution in [2.75, 3.05) is 13.1 Å². The van der Waals surface area contributed by atoms with E-state index in [2.05, 4.69) is 27.6 Å². The van der Waals surface area contributed by atoms with Crippen molar-refractivity contribution in [2.45, 2.75) is 56.3 Å². The average Bonchev–Trinajstić information content (AvgIpc) is 3.57. The van der Waals surface area contributed by atoms with Crippen molar-refractivity contribution in [3.05, 3.63) is 83.9 Å². The van der Waals surface area contributed by atoms with Crippen molar-refractivity contribution in [1.82, 2.24) is 25.0 Å². The summed E-state index contributed by atoms with van der Waals surface area (Å²) in [4.78, 5) is 14.9. The van der Waals surface area contributed by atoms with Crippen molar-refractivity contribution in [2.24, 2.45) is 0 Å². The highest BCUT2D eigenvalue weighted by molar-refractivity contribution is 5.94. The number of nitrogens with zero attached hydrogens (tertiary/aromatic N) is 4. The second-order valence-corrected chi connectivity index (χ2v) is 9.24. The van der Waals surface area contributed by atoms with Crippen LogP contribution in [0.15, 0.2) is 67.3 Å². The van der Waals surface area contributed by atoms with Gasteiger partial charge in [-0.15, -0.1) is 10.2 Å². The van der Waals surface area contributed by atoms with E-state index in [9.17, 15) is 9.90 Å². The van der Waals surface area contributed by atoms with Crippen LogP contribution in [-0.2, 0) is 6.42 Å². The van der Waals surface area contributed by atoms with Crippen molar-refractivity contribution >= 4 is 5.91 Å². The van der Waals surface area contributed by atoms with Gasteiger partial charge in [-0.3, -0.25) is 4.79 Å². The van der Waals surface area contributed by atoms with E-state index < -0.39 is 6.10 Å². The molecule has 0 bridgehead atoms. The van der Waals surface area contributed by atoms with Crippen molar-refractivity contribution in [3.8, 4) is 0 Å². The number of amides is 1. The van der Waals surface area contributed by atoms with Gasteiger partial charge < -0.3 is 19.9 Å². The Labute approximate surface area is 194 Å². The molecule has 0 aliphatic carbocycles. The average molecular weight is 446 g/mol. The third kappa shape index (κ3) is 4.99. The molecule has 2 N–H and O–H groups in total. The summed E-state index contributed by atoms with van der Waals surface area (Å²) in [5.41, 5.74) is 2.92. The van der Waals surface area contributed by atoms with Gasteiger partial charge in [0.1, 0.15) is 12.7 Å². The second-order valence-electron chi connectivity index (χ2n) is 9.24. The summed E-state index contributed by atoms with van der Waals surface area (Å²) in [6, 6.07) is 18.7. The van der Waals surface area contributed by atoms with Crippen LogP contribution in [0.25, 0.3) is 0 Å². The molecule has 2 saturated heterocycles. The van der Waals surface area contributed by atoms with Gasteiger partial charge in [0, 0.05) is 36.8 Å². The number of rotatable bonds is 6. The van der Waals surface area contributed by atoms with E-state index in [1.807, 2.05) is 51.9 Å². The molecule has 3 aromatic rings. The highest BCUT2D eigenvalue weighted by Crippen LogP contribution is 2.27. The van der Waals surface area contributed by atoms with Crippen LogP contribution in [-0.4, -0.2) is 55.9 Å². The molecule has 2 aliphatic rings. The number of benzene rings is 2. The van der Waals surface area contributed by atoms with Gasteiger partial charge in [-0.2, -0.15) is 0 Å². The molecule has 2 aromatic carbocycles. The number of aromatic nitrogens is 3. The Morgan fingerprint density at radius 2 is 1.67 bits per heavy atom. The summed E-state index contributed by atoms with van der Waals surface area (Å²) in [5, 5.41) is 22.1. The fourth-order valence-corrected chi connectivity index (χ4v) is 5.16. The molecular weight excluding hydrogens is 414 g/mol. The van der Waals surface area contributed by atoms with Crippen molar-refractivity contribution in [3.63, 3.8) is 0 Å². The molecule has 1 amide bonds. The first kappa shape index (κ1) is 21.8. The summed E-state index contributed by atoms with van der Waals surface area (Å²) in [5.74, 6) is 0.105. The molecule has 0 saturated carbocycles. The minimum atomic E-state index is -0.481. The molecule has 2 aliphatic heterocycles. The summed E-state index contributed by atoms with van der Waals surface area (Å²) >= 11 is 0. The first-order valence-electron chi connectivity index (χ1n) is 11.9. The highest BCUT2D eigenvalue weighted by atomic mass is 16.3. The van der Waals surface area contributed by atoms with Gasteiger partial charge in [-0.25, -0.2) is 0 Å². The van der Waals surface area contributed by atoms with Crippen molar-refractivity contribution < 1.29 is 9.90 Å². The smallest absolute Gasteiger partial charge is 0.253 e. The van der Waals surface area contributed by atoms with Gasteiger partial charge in [0.15, 0.2) is 0 Å². The summed E-state index contributed by atoms with van der Waals surface area (Å²) in [6.45, 7) is 1.50. The molecule has 0 radical (unpaired) electrons. The third-order valence-corrected chi connectivity index (χ3v) is 7.09. The van der Waals surface area contributed by atoms with E-state index in [4.69, 9.17) is 0 Å². The van der Waals surface area contributed by atoms with E-state index in [0.29, 0.717) is 12.1 Å². The fourth-order valence-electron chi connectivity index (χ4n) is 5.16. The van der Waals surface area contributed by atoms with Crippen LogP contribution in [0.5, 0.6) is 0 Å². The lowest BCUT2D eigenvalue weighted by Gasteiger charge is -2.32. The summed E-state index contributed by atoms with van der Waals surface area (Å²) in [6.07, 6.45) is 7.77. The maximum absolute atomic E-state index is 13.0. The SMILES string of the molecule is O=C(c1ccc(C[C@@H]2CC[C@H]([C@H](O)c3ccccc3)N2)cc1)N1CCC(n2cnnc2)CC1. The zero-order chi connectivity index (χ0) is 22.6. The van der Waals surface area contributed by atoms with E-state index in [1.54, 1.807) is 12.7 Å². The third-order valence-electron chi connectivity index (χ3n) is 7.09. The zero-order valence-electron chi connectivity index (χ0n) is 18.8. The van der Waals surface area contributed by atoms with Gasteiger partial charge in [0.2, 0.25) is 0 Å². The number of hydrogen-bond acceptors (Lipinski definition) is 5.